The number of carbonyl (C=O) groups is 3. The molecule has 0 atom stereocenters. The molecule has 1 fully saturated rings. The SMILES string of the molecule is CN(CCOCCOCCOCCOCCC(=O)N(C)CC[N+](C)(C)C)C(=O)CCc1cc(Cl)c(Oc2ccsc2C(=O)N2CCN(C3CC3)c3ccccc32)cc1Cl. The lowest BCUT2D eigenvalue weighted by atomic mass is 10.1. The molecule has 13 nitrogen and oxygen atoms in total. The number of amides is 3. The number of rotatable bonds is 25. The van der Waals surface area contributed by atoms with Crippen molar-refractivity contribution in [3.05, 3.63) is 68.3 Å². The van der Waals surface area contributed by atoms with Gasteiger partial charge in [0.15, 0.2) is 5.75 Å². The molecule has 0 saturated heterocycles. The predicted octanol–water partition coefficient (Wildman–Crippen LogP) is 6.49. The van der Waals surface area contributed by atoms with Crippen LogP contribution in [0.2, 0.25) is 10.0 Å². The van der Waals surface area contributed by atoms with Crippen LogP contribution < -0.4 is 14.5 Å². The number of hydrogen-bond acceptors (Lipinski definition) is 10. The van der Waals surface area contributed by atoms with Crippen LogP contribution in [0.25, 0.3) is 0 Å². The van der Waals surface area contributed by atoms with Crippen molar-refractivity contribution in [2.24, 2.45) is 0 Å². The zero-order chi connectivity index (χ0) is 42.4. The van der Waals surface area contributed by atoms with Crippen LogP contribution in [0.15, 0.2) is 47.8 Å². The second-order valence-corrected chi connectivity index (χ2v) is 17.5. The maximum absolute atomic E-state index is 13.9. The first-order valence-corrected chi connectivity index (χ1v) is 22.0. The smallest absolute Gasteiger partial charge is 0.272 e. The van der Waals surface area contributed by atoms with Crippen molar-refractivity contribution >= 4 is 63.6 Å². The van der Waals surface area contributed by atoms with Gasteiger partial charge >= 0.3 is 0 Å². The van der Waals surface area contributed by atoms with Gasteiger partial charge in [0.05, 0.1) is 110 Å². The molecule has 5 rings (SSSR count). The number of benzene rings is 2. The summed E-state index contributed by atoms with van der Waals surface area (Å²) in [6.07, 6.45) is 3.37. The molecule has 0 bridgehead atoms. The fourth-order valence-corrected chi connectivity index (χ4v) is 7.66. The van der Waals surface area contributed by atoms with Gasteiger partial charge < -0.3 is 47.8 Å². The summed E-state index contributed by atoms with van der Waals surface area (Å²) in [5.41, 5.74) is 2.73. The molecule has 59 heavy (non-hydrogen) atoms. The molecule has 324 valence electrons. The summed E-state index contributed by atoms with van der Waals surface area (Å²) in [6, 6.07) is 13.8. The van der Waals surface area contributed by atoms with Crippen molar-refractivity contribution in [2.45, 2.75) is 38.1 Å². The summed E-state index contributed by atoms with van der Waals surface area (Å²) in [5.74, 6) is 0.671. The van der Waals surface area contributed by atoms with Crippen molar-refractivity contribution in [1.29, 1.82) is 0 Å². The van der Waals surface area contributed by atoms with E-state index in [1.54, 1.807) is 35.0 Å². The van der Waals surface area contributed by atoms with Gasteiger partial charge in [-0.1, -0.05) is 35.3 Å². The van der Waals surface area contributed by atoms with Crippen LogP contribution in [0, 0.1) is 0 Å². The van der Waals surface area contributed by atoms with Crippen LogP contribution in [-0.2, 0) is 35.0 Å². The highest BCUT2D eigenvalue weighted by molar-refractivity contribution is 7.12. The molecule has 2 heterocycles. The van der Waals surface area contributed by atoms with Crippen molar-refractivity contribution in [3.8, 4) is 11.5 Å². The Morgan fingerprint density at radius 3 is 2.02 bits per heavy atom. The summed E-state index contributed by atoms with van der Waals surface area (Å²) < 4.78 is 29.3. The van der Waals surface area contributed by atoms with Gasteiger partial charge in [-0.15, -0.1) is 11.3 Å². The van der Waals surface area contributed by atoms with E-state index in [4.69, 9.17) is 46.9 Å². The fourth-order valence-electron chi connectivity index (χ4n) is 6.42. The van der Waals surface area contributed by atoms with Crippen LogP contribution in [0.5, 0.6) is 11.5 Å². The molecule has 3 aromatic rings. The number of ether oxygens (including phenoxy) is 5. The highest BCUT2D eigenvalue weighted by Crippen LogP contribution is 2.42. The minimum atomic E-state index is -0.116. The van der Waals surface area contributed by atoms with E-state index in [2.05, 4.69) is 32.1 Å². The van der Waals surface area contributed by atoms with Gasteiger partial charge in [-0.05, 0) is 54.5 Å². The third-order valence-corrected chi connectivity index (χ3v) is 11.7. The minimum absolute atomic E-state index is 0.0473. The number of quaternary nitrogens is 1. The number of halogens is 2. The number of thiophene rings is 1. The highest BCUT2D eigenvalue weighted by Gasteiger charge is 2.36. The van der Waals surface area contributed by atoms with Gasteiger partial charge in [-0.2, -0.15) is 0 Å². The highest BCUT2D eigenvalue weighted by atomic mass is 35.5. The summed E-state index contributed by atoms with van der Waals surface area (Å²) in [4.78, 5) is 47.1. The molecule has 16 heteroatoms. The summed E-state index contributed by atoms with van der Waals surface area (Å²) in [5, 5.41) is 2.59. The monoisotopic (exact) mass is 876 g/mol. The summed E-state index contributed by atoms with van der Waals surface area (Å²) >= 11 is 14.7. The Morgan fingerprint density at radius 1 is 0.746 bits per heavy atom. The van der Waals surface area contributed by atoms with Gasteiger partial charge in [0.2, 0.25) is 11.8 Å². The number of hydrogen-bond donors (Lipinski definition) is 0. The fraction of sp³-hybridized carbons (Fsp3) is 0.558. The van der Waals surface area contributed by atoms with Crippen LogP contribution in [0.1, 0.15) is 40.9 Å². The molecule has 1 saturated carbocycles. The van der Waals surface area contributed by atoms with Crippen LogP contribution in [0.3, 0.4) is 0 Å². The first-order chi connectivity index (χ1) is 28.3. The van der Waals surface area contributed by atoms with Gasteiger partial charge in [0.1, 0.15) is 10.6 Å². The lowest BCUT2D eigenvalue weighted by Crippen LogP contribution is -2.44. The van der Waals surface area contributed by atoms with E-state index in [-0.39, 0.29) is 24.1 Å². The molecule has 2 aliphatic rings. The van der Waals surface area contributed by atoms with Crippen LogP contribution in [0.4, 0.5) is 11.4 Å². The van der Waals surface area contributed by atoms with Crippen LogP contribution in [-0.4, -0.2) is 159 Å². The zero-order valence-electron chi connectivity index (χ0n) is 35.1. The van der Waals surface area contributed by atoms with Crippen LogP contribution >= 0.6 is 34.5 Å². The molecule has 3 amide bonds. The quantitative estimate of drug-likeness (QED) is 0.0698. The first kappa shape index (κ1) is 46.6. The Morgan fingerprint density at radius 2 is 1.36 bits per heavy atom. The van der Waals surface area contributed by atoms with E-state index in [1.165, 1.54) is 24.2 Å². The molecule has 2 aromatic carbocycles. The maximum Gasteiger partial charge on any atom is 0.272 e. The maximum atomic E-state index is 13.9. The number of anilines is 2. The summed E-state index contributed by atoms with van der Waals surface area (Å²) in [6.45, 7) is 6.71. The van der Waals surface area contributed by atoms with Crippen molar-refractivity contribution in [3.63, 3.8) is 0 Å². The molecule has 1 aliphatic heterocycles. The molecular formula is C43H60Cl2N5O8S+. The predicted molar refractivity (Wildman–Crippen MR) is 234 cm³/mol. The van der Waals surface area contributed by atoms with E-state index in [0.717, 1.165) is 41.1 Å². The Hall–Kier alpha value is -3.47. The average molecular weight is 878 g/mol. The number of fused-ring (bicyclic) bond motifs is 1. The number of para-hydroxylation sites is 2. The molecule has 0 spiro atoms. The van der Waals surface area contributed by atoms with Gasteiger partial charge in [-0.3, -0.25) is 14.4 Å². The standard InChI is InChI=1S/C43H60Cl2N5O8S/c1-46(18-20-50(3,4)5)41(52)14-21-54-23-25-56-27-28-57-26-24-55-22-19-47(2)40(51)13-10-32-30-35(45)39(31-34(32)44)58-38-15-29-59-42(38)43(53)49-17-16-48(33-11-12-33)36-8-6-7-9-37(36)49/h6-9,15,29-31,33H,10-14,16-28H2,1-5H3/q+1. The average Bonchev–Trinajstić information content (AvgIpc) is 3.96. The third-order valence-electron chi connectivity index (χ3n) is 10.1. The lowest BCUT2D eigenvalue weighted by molar-refractivity contribution is -0.869. The minimum Gasteiger partial charge on any atom is -0.454 e. The molecular weight excluding hydrogens is 817 g/mol. The largest absolute Gasteiger partial charge is 0.454 e. The third kappa shape index (κ3) is 14.6. The second-order valence-electron chi connectivity index (χ2n) is 15.8. The van der Waals surface area contributed by atoms with Crippen molar-refractivity contribution in [1.82, 2.24) is 9.80 Å². The number of carbonyl (C=O) groups excluding carboxylic acids is 3. The Kier molecular flexibility index (Phi) is 18.1. The van der Waals surface area contributed by atoms with E-state index >= 15 is 0 Å². The Labute approximate surface area is 363 Å². The number of nitrogens with zero attached hydrogens (tertiary/aromatic N) is 5. The molecule has 0 unspecified atom stereocenters. The molecule has 1 aromatic heterocycles. The Bertz CT molecular complexity index is 1840. The van der Waals surface area contributed by atoms with E-state index < -0.39 is 0 Å². The van der Waals surface area contributed by atoms with Crippen molar-refractivity contribution in [2.75, 3.05) is 131 Å². The van der Waals surface area contributed by atoms with E-state index in [1.807, 2.05) is 35.5 Å². The van der Waals surface area contributed by atoms with Gasteiger partial charge in [-0.25, -0.2) is 0 Å². The normalized spacial score (nSPS) is 14.0. The molecule has 0 N–H and O–H groups in total. The topological polar surface area (TPSA) is 110 Å². The van der Waals surface area contributed by atoms with E-state index in [9.17, 15) is 14.4 Å². The second kappa shape index (κ2) is 22.9. The summed E-state index contributed by atoms with van der Waals surface area (Å²) in [7, 11) is 9.88. The molecule has 1 aliphatic carbocycles. The zero-order valence-corrected chi connectivity index (χ0v) is 37.4. The number of likely N-dealkylation sites (N-methyl/N-ethyl adjacent to an activating group) is 3. The Balaban J connectivity index is 0.927. The van der Waals surface area contributed by atoms with E-state index in [0.29, 0.717) is 111 Å². The lowest BCUT2D eigenvalue weighted by Gasteiger charge is -2.37. The molecule has 0 radical (unpaired) electrons. The van der Waals surface area contributed by atoms with Crippen molar-refractivity contribution < 1.29 is 42.6 Å². The number of aryl methyl sites for hydroxylation is 1. The van der Waals surface area contributed by atoms with Gasteiger partial charge in [0.25, 0.3) is 5.91 Å². The first-order valence-electron chi connectivity index (χ1n) is 20.3. The van der Waals surface area contributed by atoms with Gasteiger partial charge in [0, 0.05) is 57.3 Å².